The number of aliphatic hydroxyl groups is 1. The topological polar surface area (TPSA) is 55.7 Å². The standard InChI is InChI=1S/C12H22N2O2/c1-9(2)11(15)13-14(6,7)8-12(5,16)10(3)4/h16H,1,3,8H2,2,4-7H3. The second-order valence-electron chi connectivity index (χ2n) is 5.02. The molecule has 16 heavy (non-hydrogen) atoms. The van der Waals surface area contributed by atoms with Crippen LogP contribution in [0.2, 0.25) is 0 Å². The molecule has 0 aliphatic carbocycles. The van der Waals surface area contributed by atoms with Gasteiger partial charge in [-0.15, -0.1) is 0 Å². The van der Waals surface area contributed by atoms with Gasteiger partial charge in [0.05, 0.1) is 14.1 Å². The molecule has 1 unspecified atom stereocenters. The number of nitrogens with zero attached hydrogens (tertiary/aromatic N) is 2. The third-order valence-corrected chi connectivity index (χ3v) is 2.34. The number of hydrogen-bond acceptors (Lipinski definition) is 3. The molecule has 4 heteroatoms. The zero-order valence-electron chi connectivity index (χ0n) is 10.9. The van der Waals surface area contributed by atoms with Crippen molar-refractivity contribution < 1.29 is 14.8 Å². The summed E-state index contributed by atoms with van der Waals surface area (Å²) in [6.07, 6.45) is 0. The second-order valence-corrected chi connectivity index (χ2v) is 5.02. The minimum Gasteiger partial charge on any atom is -0.855 e. The highest BCUT2D eigenvalue weighted by molar-refractivity contribution is 5.87. The SMILES string of the molecule is C=C(C)/C([O-])=N\[N+](C)(C)CC(C)(O)C(=C)C. The van der Waals surface area contributed by atoms with Gasteiger partial charge in [-0.1, -0.05) is 18.3 Å². The Balaban J connectivity index is 4.90. The lowest BCUT2D eigenvalue weighted by Gasteiger charge is -2.33. The normalized spacial score (nSPS) is 16.8. The summed E-state index contributed by atoms with van der Waals surface area (Å²) in [6, 6.07) is 0. The van der Waals surface area contributed by atoms with Crippen LogP contribution in [0.25, 0.3) is 0 Å². The molecule has 0 aromatic heterocycles. The molecule has 0 spiro atoms. The predicted octanol–water partition coefficient (Wildman–Crippen LogP) is 0.640. The molecule has 0 aliphatic heterocycles. The Kier molecular flexibility index (Phi) is 4.46. The average Bonchev–Trinajstić information content (AvgIpc) is 1.99. The molecule has 1 atom stereocenters. The maximum absolute atomic E-state index is 11.4. The van der Waals surface area contributed by atoms with E-state index in [0.29, 0.717) is 17.7 Å². The highest BCUT2D eigenvalue weighted by Gasteiger charge is 2.31. The van der Waals surface area contributed by atoms with Crippen LogP contribution in [0.4, 0.5) is 0 Å². The molecule has 0 aromatic carbocycles. The van der Waals surface area contributed by atoms with Crippen molar-refractivity contribution in [3.8, 4) is 0 Å². The van der Waals surface area contributed by atoms with Crippen molar-refractivity contribution in [2.75, 3.05) is 20.6 Å². The fraction of sp³-hybridized carbons (Fsp3) is 0.583. The number of hydrogen-bond donors (Lipinski definition) is 1. The Bertz CT molecular complexity index is 328. The molecule has 4 nitrogen and oxygen atoms in total. The van der Waals surface area contributed by atoms with Crippen molar-refractivity contribution in [1.29, 1.82) is 0 Å². The number of quaternary nitrogens is 1. The second kappa shape index (κ2) is 4.80. The first-order valence-corrected chi connectivity index (χ1v) is 5.12. The molecular weight excluding hydrogens is 204 g/mol. The predicted molar refractivity (Wildman–Crippen MR) is 64.7 cm³/mol. The molecule has 0 radical (unpaired) electrons. The molecule has 1 N–H and O–H groups in total. The van der Waals surface area contributed by atoms with Crippen LogP contribution in [-0.2, 0) is 0 Å². The minimum atomic E-state index is -1.04. The Morgan fingerprint density at radius 2 is 1.81 bits per heavy atom. The van der Waals surface area contributed by atoms with Crippen LogP contribution in [0.1, 0.15) is 20.8 Å². The van der Waals surface area contributed by atoms with Gasteiger partial charge in [-0.05, 0) is 31.9 Å². The summed E-state index contributed by atoms with van der Waals surface area (Å²) < 4.78 is 0.0472. The molecule has 0 saturated heterocycles. The first-order chi connectivity index (χ1) is 6.98. The van der Waals surface area contributed by atoms with Crippen LogP contribution < -0.4 is 5.11 Å². The van der Waals surface area contributed by atoms with E-state index in [9.17, 15) is 10.2 Å². The third-order valence-electron chi connectivity index (χ3n) is 2.34. The van der Waals surface area contributed by atoms with Crippen molar-refractivity contribution in [3.05, 3.63) is 24.3 Å². The summed E-state index contributed by atoms with van der Waals surface area (Å²) in [6.45, 7) is 12.6. The summed E-state index contributed by atoms with van der Waals surface area (Å²) in [5.41, 5.74) is 0.000338. The monoisotopic (exact) mass is 226 g/mol. The molecule has 0 saturated carbocycles. The summed E-state index contributed by atoms with van der Waals surface area (Å²) in [7, 11) is 3.50. The molecule has 0 rings (SSSR count). The highest BCUT2D eigenvalue weighted by Crippen LogP contribution is 2.18. The van der Waals surface area contributed by atoms with Crippen LogP contribution in [0.15, 0.2) is 29.4 Å². The van der Waals surface area contributed by atoms with Gasteiger partial charge >= 0.3 is 0 Å². The first-order valence-electron chi connectivity index (χ1n) is 5.12. The van der Waals surface area contributed by atoms with Gasteiger partial charge in [0.25, 0.3) is 0 Å². The van der Waals surface area contributed by atoms with Crippen molar-refractivity contribution in [2.45, 2.75) is 26.4 Å². The molecule has 0 aromatic rings. The fourth-order valence-electron chi connectivity index (χ4n) is 1.25. The third kappa shape index (κ3) is 4.59. The molecule has 92 valence electrons. The minimum absolute atomic E-state index is 0.0472. The molecule has 0 bridgehead atoms. The van der Waals surface area contributed by atoms with Crippen LogP contribution in [-0.4, -0.2) is 41.8 Å². The van der Waals surface area contributed by atoms with E-state index in [1.807, 2.05) is 0 Å². The van der Waals surface area contributed by atoms with Crippen LogP contribution >= 0.6 is 0 Å². The van der Waals surface area contributed by atoms with E-state index >= 15 is 0 Å². The summed E-state index contributed by atoms with van der Waals surface area (Å²) in [4.78, 5) is 0. The Hall–Kier alpha value is -1.13. The average molecular weight is 226 g/mol. The lowest BCUT2D eigenvalue weighted by molar-refractivity contribution is -0.903. The summed E-state index contributed by atoms with van der Waals surface area (Å²) in [5.74, 6) is -0.345. The summed E-state index contributed by atoms with van der Waals surface area (Å²) >= 11 is 0. The van der Waals surface area contributed by atoms with Crippen LogP contribution in [0.3, 0.4) is 0 Å². The summed E-state index contributed by atoms with van der Waals surface area (Å²) in [5, 5.41) is 25.5. The Labute approximate surface area is 97.8 Å². The van der Waals surface area contributed by atoms with Gasteiger partial charge in [0.2, 0.25) is 0 Å². The van der Waals surface area contributed by atoms with Gasteiger partial charge in [0, 0.05) is 5.90 Å². The van der Waals surface area contributed by atoms with Crippen molar-refractivity contribution in [1.82, 2.24) is 0 Å². The highest BCUT2D eigenvalue weighted by atomic mass is 16.3. The van der Waals surface area contributed by atoms with E-state index in [-0.39, 0.29) is 10.5 Å². The van der Waals surface area contributed by atoms with Gasteiger partial charge in [0.15, 0.2) is 0 Å². The van der Waals surface area contributed by atoms with Crippen molar-refractivity contribution in [2.24, 2.45) is 5.10 Å². The van der Waals surface area contributed by atoms with E-state index in [2.05, 4.69) is 18.3 Å². The Morgan fingerprint density at radius 1 is 1.38 bits per heavy atom. The zero-order chi connectivity index (χ0) is 13.1. The largest absolute Gasteiger partial charge is 0.855 e. The molecule has 0 amide bonds. The number of rotatable bonds is 5. The molecule has 0 fully saturated rings. The van der Waals surface area contributed by atoms with Gasteiger partial charge < -0.3 is 10.2 Å². The van der Waals surface area contributed by atoms with E-state index in [0.717, 1.165) is 0 Å². The van der Waals surface area contributed by atoms with E-state index < -0.39 is 5.60 Å². The molecular formula is C12H22N2O2. The van der Waals surface area contributed by atoms with Crippen molar-refractivity contribution in [3.63, 3.8) is 0 Å². The van der Waals surface area contributed by atoms with Gasteiger partial charge in [-0.3, -0.25) is 0 Å². The first kappa shape index (κ1) is 14.9. The van der Waals surface area contributed by atoms with E-state index in [1.165, 1.54) is 0 Å². The van der Waals surface area contributed by atoms with Crippen LogP contribution in [0.5, 0.6) is 0 Å². The van der Waals surface area contributed by atoms with Crippen LogP contribution in [0, 0.1) is 0 Å². The zero-order valence-corrected chi connectivity index (χ0v) is 10.9. The maximum Gasteiger partial charge on any atom is 0.135 e. The quantitative estimate of drug-likeness (QED) is 0.246. The lowest BCUT2D eigenvalue weighted by atomic mass is 9.98. The van der Waals surface area contributed by atoms with Gasteiger partial charge in [-0.25, -0.2) is 4.59 Å². The van der Waals surface area contributed by atoms with Gasteiger partial charge in [-0.2, -0.15) is 0 Å². The molecule has 0 heterocycles. The van der Waals surface area contributed by atoms with E-state index in [4.69, 9.17) is 0 Å². The van der Waals surface area contributed by atoms with Crippen molar-refractivity contribution >= 4 is 5.90 Å². The fourth-order valence-corrected chi connectivity index (χ4v) is 1.25. The Morgan fingerprint density at radius 3 is 2.12 bits per heavy atom. The van der Waals surface area contributed by atoms with Gasteiger partial charge in [0.1, 0.15) is 12.1 Å². The lowest BCUT2D eigenvalue weighted by Crippen LogP contribution is -2.48. The maximum atomic E-state index is 11.4. The molecule has 0 aliphatic rings. The van der Waals surface area contributed by atoms with E-state index in [1.54, 1.807) is 34.9 Å². The number of likely N-dealkylation sites (N-methyl/N-ethyl adjacent to an activating group) is 1. The smallest absolute Gasteiger partial charge is 0.135 e.